The van der Waals surface area contributed by atoms with Gasteiger partial charge in [0.2, 0.25) is 18.6 Å². The highest BCUT2D eigenvalue weighted by Gasteiger charge is 2.29. The molecule has 1 aromatic heterocycles. The molecule has 0 saturated heterocycles. The summed E-state index contributed by atoms with van der Waals surface area (Å²) in [5, 5.41) is 22.4. The van der Waals surface area contributed by atoms with Gasteiger partial charge >= 0.3 is 0 Å². The minimum atomic E-state index is -0.568. The van der Waals surface area contributed by atoms with Gasteiger partial charge in [0.05, 0.1) is 25.1 Å². The normalized spacial score (nSPS) is 16.9. The Morgan fingerprint density at radius 1 is 1.26 bits per heavy atom. The molecule has 1 amide bonds. The molecule has 0 bridgehead atoms. The van der Waals surface area contributed by atoms with Crippen molar-refractivity contribution in [3.05, 3.63) is 64.8 Å². The molecule has 3 heterocycles. The van der Waals surface area contributed by atoms with Gasteiger partial charge in [0.15, 0.2) is 17.3 Å². The number of anilines is 3. The molecule has 5 rings (SSSR count). The average molecular weight is 495 g/mol. The van der Waals surface area contributed by atoms with Crippen LogP contribution in [0.3, 0.4) is 0 Å². The highest BCUT2D eigenvalue weighted by atomic mass is 35.5. The van der Waals surface area contributed by atoms with Crippen LogP contribution in [0.5, 0.6) is 11.5 Å². The summed E-state index contributed by atoms with van der Waals surface area (Å²) in [6.45, 7) is 2.13. The van der Waals surface area contributed by atoms with E-state index >= 15 is 0 Å². The number of aromatic nitrogens is 2. The fourth-order valence-electron chi connectivity index (χ4n) is 3.83. The summed E-state index contributed by atoms with van der Waals surface area (Å²) >= 11 is 6.05. The van der Waals surface area contributed by atoms with Crippen molar-refractivity contribution >= 4 is 41.2 Å². The first kappa shape index (κ1) is 22.9. The zero-order chi connectivity index (χ0) is 24.4. The van der Waals surface area contributed by atoms with Crippen LogP contribution in [0.1, 0.15) is 17.2 Å². The van der Waals surface area contributed by atoms with Gasteiger partial charge in [0, 0.05) is 34.8 Å². The molecule has 2 atom stereocenters. The summed E-state index contributed by atoms with van der Waals surface area (Å²) in [5.41, 5.74) is 2.29. The van der Waals surface area contributed by atoms with E-state index < -0.39 is 12.0 Å². The summed E-state index contributed by atoms with van der Waals surface area (Å²) in [4.78, 5) is 21.9. The number of aryl methyl sites for hydroxylation is 1. The average Bonchev–Trinajstić information content (AvgIpc) is 3.53. The van der Waals surface area contributed by atoms with E-state index in [0.717, 1.165) is 16.8 Å². The van der Waals surface area contributed by atoms with Crippen molar-refractivity contribution in [3.63, 3.8) is 0 Å². The Morgan fingerprint density at radius 3 is 2.94 bits per heavy atom. The molecule has 10 nitrogen and oxygen atoms in total. The number of halogens is 1. The lowest BCUT2D eigenvalue weighted by atomic mass is 10.1. The summed E-state index contributed by atoms with van der Waals surface area (Å²) in [5.74, 6) is 1.55. The zero-order valence-corrected chi connectivity index (χ0v) is 19.6. The first-order valence-corrected chi connectivity index (χ1v) is 11.4. The first-order chi connectivity index (χ1) is 17.0. The number of rotatable bonds is 7. The second kappa shape index (κ2) is 9.77. The number of fused-ring (bicyclic) bond motifs is 1. The van der Waals surface area contributed by atoms with Crippen molar-refractivity contribution in [3.8, 4) is 11.5 Å². The number of ether oxygens (including phenoxy) is 2. The van der Waals surface area contributed by atoms with E-state index in [9.17, 15) is 9.90 Å². The predicted octanol–water partition coefficient (Wildman–Crippen LogP) is 3.18. The minimum absolute atomic E-state index is 0.198. The first-order valence-electron chi connectivity index (χ1n) is 11.0. The highest BCUT2D eigenvalue weighted by Crippen LogP contribution is 2.35. The van der Waals surface area contributed by atoms with Gasteiger partial charge < -0.3 is 25.2 Å². The van der Waals surface area contributed by atoms with Gasteiger partial charge in [0.1, 0.15) is 0 Å². The van der Waals surface area contributed by atoms with Gasteiger partial charge in [-0.3, -0.25) is 4.79 Å². The van der Waals surface area contributed by atoms with Crippen LogP contribution in [0, 0.1) is 12.8 Å². The van der Waals surface area contributed by atoms with Crippen LogP contribution >= 0.6 is 11.6 Å². The number of aliphatic hydroxyl groups is 1. The quantitative estimate of drug-likeness (QED) is 0.458. The Balaban J connectivity index is 1.26. The molecule has 3 N–H and O–H groups in total. The number of nitrogens with one attached hydrogen (secondary N) is 2. The summed E-state index contributed by atoms with van der Waals surface area (Å²) in [6.07, 6.45) is 3.27. The fraction of sp³-hybridized carbons (Fsp3) is 0.250. The third-order valence-corrected chi connectivity index (χ3v) is 5.90. The lowest BCUT2D eigenvalue weighted by Gasteiger charge is -2.20. The smallest absolute Gasteiger partial charge is 0.231 e. The molecule has 1 unspecified atom stereocenters. The number of carbonyl (C=O) groups is 1. The number of aliphatic hydroxyl groups excluding tert-OH is 1. The highest BCUT2D eigenvalue weighted by molar-refractivity contribution is 6.30. The summed E-state index contributed by atoms with van der Waals surface area (Å²) in [7, 11) is 0. The molecule has 180 valence electrons. The number of amides is 1. The molecule has 0 fully saturated rings. The second-order valence-electron chi connectivity index (χ2n) is 8.15. The van der Waals surface area contributed by atoms with E-state index in [0.29, 0.717) is 34.8 Å². The second-order valence-corrected chi connectivity index (χ2v) is 8.58. The maximum Gasteiger partial charge on any atom is 0.231 e. The number of carbonyl (C=O) groups excluding carboxylic acids is 1. The predicted molar refractivity (Wildman–Crippen MR) is 131 cm³/mol. The SMILES string of the molecule is Cc1cnc(Nc2ccc3c(c2)OCO3)nc1N1C[C@@H](C(=O)NC(CO)c2cccc(Cl)c2)C=N1. The van der Waals surface area contributed by atoms with Crippen molar-refractivity contribution < 1.29 is 19.4 Å². The van der Waals surface area contributed by atoms with Gasteiger partial charge in [-0.2, -0.15) is 10.1 Å². The van der Waals surface area contributed by atoms with Crippen LogP contribution in [0.25, 0.3) is 0 Å². The van der Waals surface area contributed by atoms with Gasteiger partial charge in [-0.05, 0) is 36.8 Å². The fourth-order valence-corrected chi connectivity index (χ4v) is 4.03. The number of hydrogen-bond donors (Lipinski definition) is 3. The van der Waals surface area contributed by atoms with Gasteiger partial charge in [-0.15, -0.1) is 0 Å². The molecule has 2 aliphatic rings. The van der Waals surface area contributed by atoms with E-state index in [4.69, 9.17) is 21.1 Å². The molecule has 0 radical (unpaired) electrons. The maximum absolute atomic E-state index is 12.9. The topological polar surface area (TPSA) is 121 Å². The van der Waals surface area contributed by atoms with Gasteiger partial charge in [0.25, 0.3) is 0 Å². The Bertz CT molecular complexity index is 1290. The van der Waals surface area contributed by atoms with Crippen molar-refractivity contribution in [2.24, 2.45) is 11.0 Å². The van der Waals surface area contributed by atoms with Crippen LogP contribution < -0.4 is 25.1 Å². The van der Waals surface area contributed by atoms with Crippen LogP contribution in [0.2, 0.25) is 5.02 Å². The monoisotopic (exact) mass is 494 g/mol. The molecule has 2 aromatic carbocycles. The zero-order valence-electron chi connectivity index (χ0n) is 18.8. The molecular weight excluding hydrogens is 472 g/mol. The number of nitrogens with zero attached hydrogens (tertiary/aromatic N) is 4. The number of benzene rings is 2. The molecule has 3 aromatic rings. The van der Waals surface area contributed by atoms with E-state index in [1.165, 1.54) is 0 Å². The van der Waals surface area contributed by atoms with Crippen molar-refractivity contribution in [2.75, 3.05) is 30.3 Å². The maximum atomic E-state index is 12.9. The van der Waals surface area contributed by atoms with Crippen molar-refractivity contribution in [1.29, 1.82) is 0 Å². The van der Waals surface area contributed by atoms with Gasteiger partial charge in [-0.25, -0.2) is 9.99 Å². The standard InChI is InChI=1S/C24H23ClN6O4/c1-14-9-26-24(28-18-5-6-20-21(8-18)35-13-34-20)30-22(14)31-11-16(10-27-31)23(33)29-19(12-32)15-3-2-4-17(25)7-15/h2-10,16,19,32H,11-13H2,1H3,(H,29,33)(H,26,28,30)/t16-,19?/m0/s1. The number of hydrazone groups is 1. The molecule has 35 heavy (non-hydrogen) atoms. The van der Waals surface area contributed by atoms with Gasteiger partial charge in [-0.1, -0.05) is 23.7 Å². The third-order valence-electron chi connectivity index (χ3n) is 5.66. The molecule has 11 heteroatoms. The lowest BCUT2D eigenvalue weighted by molar-refractivity contribution is -0.123. The largest absolute Gasteiger partial charge is 0.454 e. The third kappa shape index (κ3) is 4.98. The van der Waals surface area contributed by atoms with Crippen LogP contribution in [0.4, 0.5) is 17.5 Å². The van der Waals surface area contributed by atoms with Crippen molar-refractivity contribution in [1.82, 2.24) is 15.3 Å². The Labute approximate surface area is 206 Å². The van der Waals surface area contributed by atoms with Crippen molar-refractivity contribution in [2.45, 2.75) is 13.0 Å². The van der Waals surface area contributed by atoms with Crippen LogP contribution in [-0.4, -0.2) is 47.1 Å². The molecule has 0 aliphatic carbocycles. The van der Waals surface area contributed by atoms with Crippen LogP contribution in [0.15, 0.2) is 53.8 Å². The van der Waals surface area contributed by atoms with Crippen LogP contribution in [-0.2, 0) is 4.79 Å². The molecule has 0 saturated carbocycles. The number of hydrogen-bond acceptors (Lipinski definition) is 9. The summed E-state index contributed by atoms with van der Waals surface area (Å²) in [6, 6.07) is 12.0. The van der Waals surface area contributed by atoms with E-state index in [1.807, 2.05) is 25.1 Å². The Kier molecular flexibility index (Phi) is 6.39. The summed E-state index contributed by atoms with van der Waals surface area (Å²) < 4.78 is 10.8. The molecule has 0 spiro atoms. The molecule has 2 aliphatic heterocycles. The van der Waals surface area contributed by atoms with E-state index in [2.05, 4.69) is 25.7 Å². The Morgan fingerprint density at radius 2 is 2.11 bits per heavy atom. The minimum Gasteiger partial charge on any atom is -0.454 e. The molecular formula is C24H23ClN6O4. The lowest BCUT2D eigenvalue weighted by Crippen LogP contribution is -2.38. The van der Waals surface area contributed by atoms with E-state index in [1.54, 1.807) is 41.7 Å². The van der Waals surface area contributed by atoms with E-state index in [-0.39, 0.29) is 19.3 Å². The Hall–Kier alpha value is -3.89.